The van der Waals surface area contributed by atoms with E-state index in [9.17, 15) is 0 Å². The summed E-state index contributed by atoms with van der Waals surface area (Å²) in [5, 5.41) is 5.56. The molecule has 4 aromatic carbocycles. The maximum Gasteiger partial charge on any atom is -0.0431 e. The van der Waals surface area contributed by atoms with E-state index in [0.29, 0.717) is 0 Å². The standard InChI is InChI=1S/C22H20.C2H6Si.2ClH.Zr/c1-15-17(13-19-7-3-5-9-21(15)19)11-12-18-14-20-8-4-6-10-22(20)16(18)2;1-3-2;;;/h3-10,13-14H,11-12H2,1-2H3;1-2H3;2*1H;/q-2;;;;+2/p-2. The van der Waals surface area contributed by atoms with Crippen molar-refractivity contribution in [1.82, 2.24) is 0 Å². The Morgan fingerprint density at radius 3 is 1.36 bits per heavy atom. The quantitative estimate of drug-likeness (QED) is 0.284. The second-order valence-electron chi connectivity index (χ2n) is 7.26. The summed E-state index contributed by atoms with van der Waals surface area (Å²) in [5.74, 6) is 0. The van der Waals surface area contributed by atoms with Gasteiger partial charge < -0.3 is 24.8 Å². The van der Waals surface area contributed by atoms with Crippen LogP contribution in [0.1, 0.15) is 22.3 Å². The van der Waals surface area contributed by atoms with Gasteiger partial charge in [-0.15, -0.1) is 81.2 Å². The van der Waals surface area contributed by atoms with Crippen LogP contribution in [0.4, 0.5) is 0 Å². The zero-order valence-corrected chi connectivity index (χ0v) is 21.9. The SMILES string of the molecule is C[Si](C)=[Zr+2].Cc1c(CCc2[cH-]c3ccccc3c2C)[cH-]c2ccccc12.[Cl-].[Cl-]. The number of fused-ring (bicyclic) bond motifs is 2. The zero-order chi connectivity index (χ0) is 18.7. The molecule has 4 heteroatoms. The van der Waals surface area contributed by atoms with E-state index in [1.165, 1.54) is 43.8 Å². The number of hydrogen-bond acceptors (Lipinski definition) is 0. The molecule has 0 aliphatic rings. The van der Waals surface area contributed by atoms with E-state index in [-0.39, 0.29) is 30.2 Å². The molecule has 0 saturated carbocycles. The largest absolute Gasteiger partial charge is 1.00 e. The van der Waals surface area contributed by atoms with E-state index in [2.05, 4.69) is 87.6 Å². The van der Waals surface area contributed by atoms with Crippen LogP contribution in [0.15, 0.2) is 60.7 Å². The van der Waals surface area contributed by atoms with Crippen molar-refractivity contribution in [2.24, 2.45) is 0 Å². The molecule has 28 heavy (non-hydrogen) atoms. The van der Waals surface area contributed by atoms with Crippen LogP contribution >= 0.6 is 0 Å². The second kappa shape index (κ2) is 11.5. The van der Waals surface area contributed by atoms with E-state index < -0.39 is 0 Å². The maximum atomic E-state index is 2.36. The molecule has 0 spiro atoms. The van der Waals surface area contributed by atoms with Crippen molar-refractivity contribution in [3.63, 3.8) is 0 Å². The van der Waals surface area contributed by atoms with Crippen molar-refractivity contribution < 1.29 is 48.1 Å². The third-order valence-corrected chi connectivity index (χ3v) is 5.02. The van der Waals surface area contributed by atoms with Crippen molar-refractivity contribution in [1.29, 1.82) is 0 Å². The average Bonchev–Trinajstić information content (AvgIpc) is 3.11. The summed E-state index contributed by atoms with van der Waals surface area (Å²) in [6.07, 6.45) is 2.25. The van der Waals surface area contributed by atoms with Crippen LogP contribution in [0.3, 0.4) is 0 Å². The minimum Gasteiger partial charge on any atom is -1.00 e. The molecule has 146 valence electrons. The van der Waals surface area contributed by atoms with Gasteiger partial charge >= 0.3 is 41.9 Å². The zero-order valence-electron chi connectivity index (χ0n) is 16.9. The molecule has 0 nitrogen and oxygen atoms in total. The van der Waals surface area contributed by atoms with Gasteiger partial charge in [-0.05, 0) is 12.8 Å². The van der Waals surface area contributed by atoms with Gasteiger partial charge in [-0.1, -0.05) is 26.0 Å². The molecule has 0 atom stereocenters. The molecule has 0 aromatic heterocycles. The van der Waals surface area contributed by atoms with Crippen molar-refractivity contribution in [2.75, 3.05) is 0 Å². The number of benzene rings is 2. The molecule has 0 amide bonds. The maximum absolute atomic E-state index is 2.36. The summed E-state index contributed by atoms with van der Waals surface area (Å²) >= 11 is 1.74. The Labute approximate surface area is 196 Å². The minimum absolute atomic E-state index is 0. The molecule has 0 saturated heterocycles. The molecular weight excluding hydrogens is 478 g/mol. The van der Waals surface area contributed by atoms with Crippen molar-refractivity contribution >= 4 is 27.0 Å². The molecule has 0 heterocycles. The molecule has 0 radical (unpaired) electrons. The van der Waals surface area contributed by atoms with E-state index in [4.69, 9.17) is 0 Å². The van der Waals surface area contributed by atoms with Crippen LogP contribution in [0.5, 0.6) is 0 Å². The van der Waals surface area contributed by atoms with E-state index in [1.54, 1.807) is 23.3 Å². The Morgan fingerprint density at radius 2 is 1.04 bits per heavy atom. The van der Waals surface area contributed by atoms with Gasteiger partial charge in [-0.2, -0.15) is 11.1 Å². The van der Waals surface area contributed by atoms with Crippen molar-refractivity contribution in [3.05, 3.63) is 82.9 Å². The Bertz CT molecular complexity index is 975. The van der Waals surface area contributed by atoms with Crippen LogP contribution in [0.2, 0.25) is 13.1 Å². The first-order valence-electron chi connectivity index (χ1n) is 9.27. The molecular formula is C24H26Cl2SiZr-2. The summed E-state index contributed by atoms with van der Waals surface area (Å²) in [5.41, 5.74) is 6.09. The number of aryl methyl sites for hydroxylation is 4. The topological polar surface area (TPSA) is 0 Å². The van der Waals surface area contributed by atoms with Gasteiger partial charge in [-0.3, -0.25) is 0 Å². The fraction of sp³-hybridized carbons (Fsp3) is 0.250. The van der Waals surface area contributed by atoms with Gasteiger partial charge in [-0.25, -0.2) is 0 Å². The molecule has 0 bridgehead atoms. The van der Waals surface area contributed by atoms with Crippen molar-refractivity contribution in [3.8, 4) is 0 Å². The Balaban J connectivity index is 0.000000601. The van der Waals surface area contributed by atoms with Gasteiger partial charge in [0, 0.05) is 0 Å². The smallest absolute Gasteiger partial charge is 0.0431 e. The van der Waals surface area contributed by atoms with Crippen LogP contribution < -0.4 is 24.8 Å². The average molecular weight is 505 g/mol. The van der Waals surface area contributed by atoms with E-state index >= 15 is 0 Å². The van der Waals surface area contributed by atoms with Crippen LogP contribution in [-0.4, -0.2) is 5.43 Å². The fourth-order valence-corrected chi connectivity index (χ4v) is 3.66. The summed E-state index contributed by atoms with van der Waals surface area (Å²) in [6.45, 7) is 9.13. The molecule has 4 aromatic rings. The molecule has 0 N–H and O–H groups in total. The third-order valence-electron chi connectivity index (χ3n) is 5.02. The van der Waals surface area contributed by atoms with Crippen LogP contribution in [0, 0.1) is 13.8 Å². The van der Waals surface area contributed by atoms with Crippen LogP contribution in [0.25, 0.3) is 21.5 Å². The van der Waals surface area contributed by atoms with E-state index in [0.717, 1.165) is 12.8 Å². The Kier molecular flexibility index (Phi) is 10.4. The third kappa shape index (κ3) is 5.92. The Hall–Kier alpha value is -0.660. The minimum atomic E-state index is 0. The predicted molar refractivity (Wildman–Crippen MR) is 113 cm³/mol. The predicted octanol–water partition coefficient (Wildman–Crippen LogP) is 0.625. The van der Waals surface area contributed by atoms with Gasteiger partial charge in [0.05, 0.1) is 0 Å². The summed E-state index contributed by atoms with van der Waals surface area (Å²) in [6, 6.07) is 22.1. The van der Waals surface area contributed by atoms with Gasteiger partial charge in [0.25, 0.3) is 0 Å². The molecule has 0 unspecified atom stereocenters. The first-order valence-corrected chi connectivity index (χ1v) is 15.5. The van der Waals surface area contributed by atoms with Gasteiger partial charge in [0.15, 0.2) is 0 Å². The van der Waals surface area contributed by atoms with Crippen molar-refractivity contribution in [2.45, 2.75) is 39.8 Å². The second-order valence-corrected chi connectivity index (χ2v) is 16.6. The molecule has 0 aliphatic carbocycles. The molecule has 0 fully saturated rings. The summed E-state index contributed by atoms with van der Waals surface area (Å²) < 4.78 is 0. The van der Waals surface area contributed by atoms with Crippen LogP contribution in [-0.2, 0) is 36.2 Å². The van der Waals surface area contributed by atoms with E-state index in [1.807, 2.05) is 0 Å². The Morgan fingerprint density at radius 1 is 0.714 bits per heavy atom. The molecule has 4 rings (SSSR count). The summed E-state index contributed by atoms with van der Waals surface area (Å²) in [4.78, 5) is 0. The van der Waals surface area contributed by atoms with Gasteiger partial charge in [0.2, 0.25) is 0 Å². The number of hydrogen-bond donors (Lipinski definition) is 0. The first kappa shape index (κ1) is 25.4. The monoisotopic (exact) mass is 502 g/mol. The first-order chi connectivity index (χ1) is 12.5. The number of rotatable bonds is 3. The van der Waals surface area contributed by atoms with Gasteiger partial charge in [0.1, 0.15) is 0 Å². The summed E-state index contributed by atoms with van der Waals surface area (Å²) in [7, 11) is 0. The fourth-order valence-electron chi connectivity index (χ4n) is 3.66. The number of halogens is 2. The molecule has 0 aliphatic heterocycles. The normalized spacial score (nSPS) is 10.1.